The summed E-state index contributed by atoms with van der Waals surface area (Å²) in [5.74, 6) is -1.66. The molecule has 1 aromatic heterocycles. The van der Waals surface area contributed by atoms with Crippen LogP contribution in [0.3, 0.4) is 0 Å². The van der Waals surface area contributed by atoms with Gasteiger partial charge in [-0.15, -0.1) is 0 Å². The average Bonchev–Trinajstić information content (AvgIpc) is 2.42. The van der Waals surface area contributed by atoms with Gasteiger partial charge in [0.15, 0.2) is 0 Å². The number of rotatable bonds is 6. The van der Waals surface area contributed by atoms with Crippen LogP contribution in [0.15, 0.2) is 36.3 Å². The third-order valence-electron chi connectivity index (χ3n) is 2.04. The van der Waals surface area contributed by atoms with E-state index < -0.39 is 11.9 Å². The lowest BCUT2D eigenvalue weighted by Gasteiger charge is -2.04. The van der Waals surface area contributed by atoms with E-state index in [1.54, 1.807) is 30.6 Å². The monoisotopic (exact) mass is 260 g/mol. The highest BCUT2D eigenvalue weighted by Crippen LogP contribution is 1.96. The van der Waals surface area contributed by atoms with Gasteiger partial charge in [-0.05, 0) is 11.6 Å². The molecule has 0 atom stereocenters. The van der Waals surface area contributed by atoms with Crippen LogP contribution in [0.4, 0.5) is 0 Å². The summed E-state index contributed by atoms with van der Waals surface area (Å²) in [6, 6.07) is 5.21. The second-order valence-corrected chi connectivity index (χ2v) is 3.49. The Morgan fingerprint density at radius 1 is 1.53 bits per heavy atom. The van der Waals surface area contributed by atoms with E-state index >= 15 is 0 Å². The molecule has 0 aromatic carbocycles. The highest BCUT2D eigenvalue weighted by atomic mass is 16.4. The first-order chi connectivity index (χ1) is 9.13. The van der Waals surface area contributed by atoms with Crippen molar-refractivity contribution >= 4 is 11.9 Å². The van der Waals surface area contributed by atoms with Crippen molar-refractivity contribution in [2.75, 3.05) is 6.54 Å². The molecule has 1 rings (SSSR count). The van der Waals surface area contributed by atoms with E-state index in [4.69, 9.17) is 10.4 Å². The molecule has 1 amide bonds. The van der Waals surface area contributed by atoms with E-state index in [9.17, 15) is 9.59 Å². The molecule has 19 heavy (non-hydrogen) atoms. The smallest absolute Gasteiger partial charge is 0.322 e. The summed E-state index contributed by atoms with van der Waals surface area (Å²) < 4.78 is 0. The Hall–Kier alpha value is -2.88. The predicted octanol–water partition coefficient (Wildman–Crippen LogP) is -0.221. The van der Waals surface area contributed by atoms with Crippen molar-refractivity contribution in [3.63, 3.8) is 0 Å². The molecular weight excluding hydrogens is 248 g/mol. The Bertz CT molecular complexity index is 520. The van der Waals surface area contributed by atoms with Crippen molar-refractivity contribution in [2.24, 2.45) is 0 Å². The molecular formula is C12H12N4O3. The van der Waals surface area contributed by atoms with Crippen molar-refractivity contribution in [1.29, 1.82) is 5.26 Å². The summed E-state index contributed by atoms with van der Waals surface area (Å²) in [4.78, 5) is 25.8. The van der Waals surface area contributed by atoms with Crippen LogP contribution in [0.5, 0.6) is 0 Å². The second kappa shape index (κ2) is 7.45. The van der Waals surface area contributed by atoms with E-state index in [2.05, 4.69) is 15.6 Å². The summed E-state index contributed by atoms with van der Waals surface area (Å²) in [7, 11) is 0. The number of nitriles is 1. The molecule has 0 saturated heterocycles. The summed E-state index contributed by atoms with van der Waals surface area (Å²) in [6.45, 7) is -0.119. The molecule has 7 heteroatoms. The number of carboxylic acids is 1. The molecule has 0 bridgehead atoms. The minimum absolute atomic E-state index is 0.190. The van der Waals surface area contributed by atoms with Gasteiger partial charge in [-0.1, -0.05) is 6.07 Å². The zero-order valence-corrected chi connectivity index (χ0v) is 9.96. The molecule has 3 N–H and O–H groups in total. The Labute approximate surface area is 109 Å². The van der Waals surface area contributed by atoms with Crippen molar-refractivity contribution in [3.8, 4) is 6.07 Å². The lowest BCUT2D eigenvalue weighted by atomic mass is 10.2. The molecule has 0 fully saturated rings. The zero-order valence-electron chi connectivity index (χ0n) is 9.96. The fourth-order valence-electron chi connectivity index (χ4n) is 1.17. The van der Waals surface area contributed by atoms with E-state index in [0.29, 0.717) is 0 Å². The maximum Gasteiger partial charge on any atom is 0.322 e. The highest BCUT2D eigenvalue weighted by molar-refractivity contribution is 5.97. The molecule has 1 aromatic rings. The van der Waals surface area contributed by atoms with Gasteiger partial charge in [-0.3, -0.25) is 14.6 Å². The standard InChI is InChI=1S/C12H12N4O3/c13-4-10(7-15-8-11(17)18)12(19)16-6-9-2-1-3-14-5-9/h1-3,5,7,15H,6,8H2,(H,16,19)(H,17,18)/b10-7-. The molecule has 0 aliphatic carbocycles. The normalized spacial score (nSPS) is 10.4. The molecule has 0 aliphatic heterocycles. The van der Waals surface area contributed by atoms with Crippen LogP contribution in [0.1, 0.15) is 5.56 Å². The molecule has 1 heterocycles. The molecule has 7 nitrogen and oxygen atoms in total. The minimum Gasteiger partial charge on any atom is -0.480 e. The van der Waals surface area contributed by atoms with Gasteiger partial charge in [-0.2, -0.15) is 5.26 Å². The molecule has 0 unspecified atom stereocenters. The number of aromatic nitrogens is 1. The first kappa shape index (κ1) is 14.2. The van der Waals surface area contributed by atoms with Gasteiger partial charge in [0.2, 0.25) is 0 Å². The van der Waals surface area contributed by atoms with Gasteiger partial charge in [0.1, 0.15) is 18.2 Å². The summed E-state index contributed by atoms with van der Waals surface area (Å²) in [6.07, 6.45) is 4.28. The Kier molecular flexibility index (Phi) is 5.56. The van der Waals surface area contributed by atoms with Crippen molar-refractivity contribution < 1.29 is 14.7 Å². The number of nitrogens with zero attached hydrogens (tertiary/aromatic N) is 2. The maximum absolute atomic E-state index is 11.6. The third-order valence-corrected chi connectivity index (χ3v) is 2.04. The van der Waals surface area contributed by atoms with Crippen LogP contribution >= 0.6 is 0 Å². The Morgan fingerprint density at radius 2 is 2.32 bits per heavy atom. The number of carbonyl (C=O) groups excluding carboxylic acids is 1. The minimum atomic E-state index is -1.08. The number of pyridine rings is 1. The quantitative estimate of drug-likeness (QED) is 0.481. The number of aliphatic carboxylic acids is 1. The first-order valence-electron chi connectivity index (χ1n) is 5.36. The van der Waals surface area contributed by atoms with Crippen LogP contribution < -0.4 is 10.6 Å². The maximum atomic E-state index is 11.6. The first-order valence-corrected chi connectivity index (χ1v) is 5.36. The zero-order chi connectivity index (χ0) is 14.1. The van der Waals surface area contributed by atoms with E-state index in [0.717, 1.165) is 11.8 Å². The number of hydrogen-bond donors (Lipinski definition) is 3. The number of carbonyl (C=O) groups is 2. The van der Waals surface area contributed by atoms with Crippen LogP contribution in [0.25, 0.3) is 0 Å². The predicted molar refractivity (Wildman–Crippen MR) is 65.4 cm³/mol. The van der Waals surface area contributed by atoms with Crippen LogP contribution in [-0.2, 0) is 16.1 Å². The number of carboxylic acid groups (broad SMARTS) is 1. The molecule has 0 saturated carbocycles. The van der Waals surface area contributed by atoms with Crippen LogP contribution in [0, 0.1) is 11.3 Å². The van der Waals surface area contributed by atoms with E-state index in [-0.39, 0.29) is 18.7 Å². The lowest BCUT2D eigenvalue weighted by molar-refractivity contribution is -0.135. The number of nitrogens with one attached hydrogen (secondary N) is 2. The van der Waals surface area contributed by atoms with E-state index in [1.807, 2.05) is 0 Å². The van der Waals surface area contributed by atoms with Gasteiger partial charge in [0, 0.05) is 25.1 Å². The van der Waals surface area contributed by atoms with Gasteiger partial charge >= 0.3 is 5.97 Å². The van der Waals surface area contributed by atoms with Crippen LogP contribution in [0.2, 0.25) is 0 Å². The Morgan fingerprint density at radius 3 is 2.89 bits per heavy atom. The largest absolute Gasteiger partial charge is 0.480 e. The number of hydrogen-bond acceptors (Lipinski definition) is 5. The summed E-state index contributed by atoms with van der Waals surface area (Å²) >= 11 is 0. The van der Waals surface area contributed by atoms with Gasteiger partial charge in [0.05, 0.1) is 0 Å². The van der Waals surface area contributed by atoms with Gasteiger partial charge in [-0.25, -0.2) is 0 Å². The second-order valence-electron chi connectivity index (χ2n) is 3.49. The molecule has 98 valence electrons. The SMILES string of the molecule is N#C/C(=C/NCC(=O)O)C(=O)NCc1cccnc1. The highest BCUT2D eigenvalue weighted by Gasteiger charge is 2.08. The third kappa shape index (κ3) is 5.32. The average molecular weight is 260 g/mol. The van der Waals surface area contributed by atoms with Crippen molar-refractivity contribution in [3.05, 3.63) is 41.9 Å². The Balaban J connectivity index is 2.51. The molecule has 0 radical (unpaired) electrons. The molecule has 0 aliphatic rings. The fourth-order valence-corrected chi connectivity index (χ4v) is 1.17. The fraction of sp³-hybridized carbons (Fsp3) is 0.167. The topological polar surface area (TPSA) is 115 Å². The summed E-state index contributed by atoms with van der Waals surface area (Å²) in [5.41, 5.74) is 0.608. The van der Waals surface area contributed by atoms with Crippen molar-refractivity contribution in [1.82, 2.24) is 15.6 Å². The molecule has 0 spiro atoms. The van der Waals surface area contributed by atoms with E-state index in [1.165, 1.54) is 0 Å². The van der Waals surface area contributed by atoms with Gasteiger partial charge in [0.25, 0.3) is 5.91 Å². The summed E-state index contributed by atoms with van der Waals surface area (Å²) in [5, 5.41) is 22.1. The lowest BCUT2D eigenvalue weighted by Crippen LogP contribution is -2.26. The van der Waals surface area contributed by atoms with Gasteiger partial charge < -0.3 is 15.7 Å². The van der Waals surface area contributed by atoms with Crippen LogP contribution in [-0.4, -0.2) is 28.5 Å². The van der Waals surface area contributed by atoms with Crippen molar-refractivity contribution in [2.45, 2.75) is 6.54 Å². The number of amides is 1.